The fourth-order valence-corrected chi connectivity index (χ4v) is 2.10. The van der Waals surface area contributed by atoms with Crippen molar-refractivity contribution in [1.82, 2.24) is 9.71 Å². The topological polar surface area (TPSA) is 84.6 Å². The van der Waals surface area contributed by atoms with Gasteiger partial charge in [0.25, 0.3) is 0 Å². The molecule has 2 aromatic heterocycles. The quantitative estimate of drug-likeness (QED) is 0.806. The molecule has 0 fully saturated rings. The second-order valence-electron chi connectivity index (χ2n) is 3.57. The van der Waals surface area contributed by atoms with Crippen molar-refractivity contribution in [1.29, 1.82) is 0 Å². The van der Waals surface area contributed by atoms with Gasteiger partial charge in [-0.25, -0.2) is 9.78 Å². The lowest BCUT2D eigenvalue weighted by molar-refractivity contribution is -0.144. The molecule has 0 saturated heterocycles. The third kappa shape index (κ3) is 3.65. The average molecular weight is 280 g/mol. The Morgan fingerprint density at radius 2 is 2.00 bits per heavy atom. The van der Waals surface area contributed by atoms with Crippen molar-refractivity contribution in [3.63, 3.8) is 0 Å². The number of carbonyl (C=O) groups excluding carboxylic acids is 1. The monoisotopic (exact) mass is 280 g/mol. The van der Waals surface area contributed by atoms with Crippen molar-refractivity contribution in [2.24, 2.45) is 0 Å². The lowest BCUT2D eigenvalue weighted by Crippen LogP contribution is -2.19. The molecule has 2 aromatic rings. The van der Waals surface area contributed by atoms with Crippen LogP contribution in [0, 0.1) is 0 Å². The molecule has 2 rings (SSSR count). The molecular formula is C12H12N2O4S. The number of aromatic nitrogens is 2. The summed E-state index contributed by atoms with van der Waals surface area (Å²) >= 11 is 1.42. The molecule has 0 saturated carbocycles. The van der Waals surface area contributed by atoms with Gasteiger partial charge in [0.2, 0.25) is 11.8 Å². The summed E-state index contributed by atoms with van der Waals surface area (Å²) in [5, 5.41) is 19.4. The van der Waals surface area contributed by atoms with Gasteiger partial charge in [0.15, 0.2) is 0 Å². The van der Waals surface area contributed by atoms with Crippen molar-refractivity contribution in [2.45, 2.75) is 11.4 Å². The van der Waals surface area contributed by atoms with E-state index in [0.29, 0.717) is 10.5 Å². The summed E-state index contributed by atoms with van der Waals surface area (Å²) in [5.74, 6) is -0.713. The molecule has 0 aromatic carbocycles. The van der Waals surface area contributed by atoms with Crippen LogP contribution in [0.25, 0.3) is 0 Å². The van der Waals surface area contributed by atoms with Crippen LogP contribution in [0.3, 0.4) is 0 Å². The Morgan fingerprint density at radius 3 is 2.63 bits per heavy atom. The number of carbonyl (C=O) groups is 1. The summed E-state index contributed by atoms with van der Waals surface area (Å²) in [6, 6.07) is 7.98. The van der Waals surface area contributed by atoms with Crippen molar-refractivity contribution in [2.75, 3.05) is 5.75 Å². The molecule has 0 spiro atoms. The molecule has 6 nitrogen and oxygen atoms in total. The Kier molecular flexibility index (Phi) is 4.30. The second kappa shape index (κ2) is 6.14. The molecule has 7 heteroatoms. The highest BCUT2D eigenvalue weighted by molar-refractivity contribution is 7.99. The maximum absolute atomic E-state index is 11.5. The molecule has 0 aliphatic carbocycles. The smallest absolute Gasteiger partial charge is 0.334 e. The van der Waals surface area contributed by atoms with E-state index in [0.717, 1.165) is 5.03 Å². The van der Waals surface area contributed by atoms with E-state index in [9.17, 15) is 15.0 Å². The Labute approximate surface area is 113 Å². The molecule has 0 aliphatic rings. The van der Waals surface area contributed by atoms with Gasteiger partial charge in [0.05, 0.1) is 11.4 Å². The molecule has 0 atom stereocenters. The van der Waals surface area contributed by atoms with Gasteiger partial charge in [-0.15, -0.1) is 16.5 Å². The van der Waals surface area contributed by atoms with E-state index >= 15 is 0 Å². The predicted molar refractivity (Wildman–Crippen MR) is 68.9 cm³/mol. The third-order valence-electron chi connectivity index (χ3n) is 2.18. The normalized spacial score (nSPS) is 10.3. The van der Waals surface area contributed by atoms with Crippen molar-refractivity contribution >= 4 is 17.7 Å². The van der Waals surface area contributed by atoms with Gasteiger partial charge >= 0.3 is 5.97 Å². The zero-order valence-electron chi connectivity index (χ0n) is 9.89. The number of aromatic hydroxyl groups is 2. The van der Waals surface area contributed by atoms with Crippen LogP contribution in [-0.4, -0.2) is 31.6 Å². The first-order valence-corrected chi connectivity index (χ1v) is 6.50. The Hall–Kier alpha value is -2.15. The fraction of sp³-hybridized carbons (Fsp3) is 0.167. The molecule has 0 amide bonds. The number of pyridine rings is 1. The molecule has 0 aliphatic heterocycles. The van der Waals surface area contributed by atoms with Crippen LogP contribution in [0.4, 0.5) is 0 Å². The highest BCUT2D eigenvalue weighted by Crippen LogP contribution is 2.19. The number of rotatable bonds is 5. The Bertz CT molecular complexity index is 537. The predicted octanol–water partition coefficient (Wildman–Crippen LogP) is 1.43. The summed E-state index contributed by atoms with van der Waals surface area (Å²) in [6.45, 7) is 0. The highest BCUT2D eigenvalue weighted by atomic mass is 32.2. The first-order valence-electron chi connectivity index (χ1n) is 5.51. The SMILES string of the molecule is O=C(CCSc1ccccn1)On1c(O)ccc1O. The number of hydrogen-bond donors (Lipinski definition) is 2. The summed E-state index contributed by atoms with van der Waals surface area (Å²) in [4.78, 5) is 20.4. The highest BCUT2D eigenvalue weighted by Gasteiger charge is 2.12. The minimum Gasteiger partial charge on any atom is -0.492 e. The van der Waals surface area contributed by atoms with Gasteiger partial charge in [-0.1, -0.05) is 6.07 Å². The van der Waals surface area contributed by atoms with Crippen LogP contribution in [0.2, 0.25) is 0 Å². The van der Waals surface area contributed by atoms with Crippen molar-refractivity contribution < 1.29 is 19.8 Å². The summed E-state index contributed by atoms with van der Waals surface area (Å²) in [5.41, 5.74) is 0. The van der Waals surface area contributed by atoms with Crippen LogP contribution in [0.15, 0.2) is 41.6 Å². The zero-order valence-corrected chi connectivity index (χ0v) is 10.7. The summed E-state index contributed by atoms with van der Waals surface area (Å²) in [6.07, 6.45) is 1.81. The van der Waals surface area contributed by atoms with E-state index < -0.39 is 5.97 Å². The maximum Gasteiger partial charge on any atom is 0.334 e. The van der Waals surface area contributed by atoms with Crippen molar-refractivity contribution in [3.8, 4) is 11.8 Å². The van der Waals surface area contributed by atoms with Crippen LogP contribution >= 0.6 is 11.8 Å². The Balaban J connectivity index is 1.79. The minimum atomic E-state index is -0.551. The van der Waals surface area contributed by atoms with Gasteiger partial charge in [0, 0.05) is 24.1 Å². The Morgan fingerprint density at radius 1 is 1.26 bits per heavy atom. The van der Waals surface area contributed by atoms with Crippen molar-refractivity contribution in [3.05, 3.63) is 36.5 Å². The van der Waals surface area contributed by atoms with E-state index in [1.54, 1.807) is 6.20 Å². The lowest BCUT2D eigenvalue weighted by atomic mass is 10.5. The van der Waals surface area contributed by atoms with Crippen LogP contribution in [0.1, 0.15) is 6.42 Å². The molecule has 19 heavy (non-hydrogen) atoms. The van der Waals surface area contributed by atoms with Gasteiger partial charge in [-0.05, 0) is 12.1 Å². The maximum atomic E-state index is 11.5. The zero-order chi connectivity index (χ0) is 13.7. The fourth-order valence-electron chi connectivity index (χ4n) is 1.31. The first kappa shape index (κ1) is 13.3. The standard InChI is InChI=1S/C12H12N2O4S/c15-10-4-5-11(16)14(10)18-12(17)6-8-19-9-3-1-2-7-13-9/h1-5,7,15-16H,6,8H2. The largest absolute Gasteiger partial charge is 0.492 e. The van der Waals surface area contributed by atoms with Gasteiger partial charge in [-0.3, -0.25) is 0 Å². The molecule has 100 valence electrons. The van der Waals surface area contributed by atoms with E-state index in [-0.39, 0.29) is 18.2 Å². The number of thioether (sulfide) groups is 1. The first-order chi connectivity index (χ1) is 9.16. The second-order valence-corrected chi connectivity index (χ2v) is 4.69. The third-order valence-corrected chi connectivity index (χ3v) is 3.13. The molecule has 2 heterocycles. The number of hydrogen-bond acceptors (Lipinski definition) is 6. The summed E-state index contributed by atoms with van der Waals surface area (Å²) in [7, 11) is 0. The van der Waals surface area contributed by atoms with Gasteiger partial charge in [-0.2, -0.15) is 0 Å². The molecule has 2 N–H and O–H groups in total. The number of nitrogens with zero attached hydrogens (tertiary/aromatic N) is 2. The van der Waals surface area contributed by atoms with Crippen LogP contribution < -0.4 is 4.84 Å². The van der Waals surface area contributed by atoms with E-state index in [4.69, 9.17) is 4.84 Å². The van der Waals surface area contributed by atoms with Gasteiger partial charge in [0.1, 0.15) is 0 Å². The molecular weight excluding hydrogens is 268 g/mol. The average Bonchev–Trinajstić information content (AvgIpc) is 2.72. The van der Waals surface area contributed by atoms with E-state index in [1.807, 2.05) is 18.2 Å². The van der Waals surface area contributed by atoms with Crippen LogP contribution in [-0.2, 0) is 4.79 Å². The molecule has 0 unspecified atom stereocenters. The van der Waals surface area contributed by atoms with Crippen LogP contribution in [0.5, 0.6) is 11.8 Å². The van der Waals surface area contributed by atoms with Gasteiger partial charge < -0.3 is 15.1 Å². The lowest BCUT2D eigenvalue weighted by Gasteiger charge is -2.06. The molecule has 0 bridgehead atoms. The summed E-state index contributed by atoms with van der Waals surface area (Å²) < 4.78 is 0.674. The molecule has 0 radical (unpaired) electrons. The van der Waals surface area contributed by atoms with E-state index in [2.05, 4.69) is 4.98 Å². The minimum absolute atomic E-state index is 0.137. The van der Waals surface area contributed by atoms with E-state index in [1.165, 1.54) is 23.9 Å².